The number of anilines is 2. The van der Waals surface area contributed by atoms with Gasteiger partial charge in [0.1, 0.15) is 0 Å². The van der Waals surface area contributed by atoms with Crippen molar-refractivity contribution in [3.63, 3.8) is 0 Å². The SMILES string of the molecule is CC(C)C(=O)Nc1ccc(NC(=O)Cc2ccccc2[N+](=O)[O-])cc1. The molecule has 25 heavy (non-hydrogen) atoms. The second-order valence-corrected chi connectivity index (χ2v) is 5.83. The number of nitrogens with zero attached hydrogens (tertiary/aromatic N) is 1. The molecule has 7 heteroatoms. The summed E-state index contributed by atoms with van der Waals surface area (Å²) in [6.07, 6.45) is -0.0943. The predicted molar refractivity (Wildman–Crippen MR) is 95.3 cm³/mol. The van der Waals surface area contributed by atoms with Crippen LogP contribution in [0.15, 0.2) is 48.5 Å². The van der Waals surface area contributed by atoms with Gasteiger partial charge in [0.2, 0.25) is 11.8 Å². The summed E-state index contributed by atoms with van der Waals surface area (Å²) < 4.78 is 0. The third-order valence-electron chi connectivity index (χ3n) is 3.50. The zero-order valence-electron chi connectivity index (χ0n) is 14.0. The van der Waals surface area contributed by atoms with E-state index in [0.29, 0.717) is 16.9 Å². The number of carbonyl (C=O) groups is 2. The van der Waals surface area contributed by atoms with Crippen LogP contribution in [0.4, 0.5) is 17.1 Å². The predicted octanol–water partition coefficient (Wildman–Crippen LogP) is 3.37. The molecule has 0 aliphatic heterocycles. The maximum atomic E-state index is 12.1. The number of rotatable bonds is 6. The van der Waals surface area contributed by atoms with Crippen LogP contribution in [0, 0.1) is 16.0 Å². The van der Waals surface area contributed by atoms with Crippen LogP contribution in [0.5, 0.6) is 0 Å². The minimum absolute atomic E-state index is 0.0793. The molecule has 0 spiro atoms. The highest BCUT2D eigenvalue weighted by Gasteiger charge is 2.15. The van der Waals surface area contributed by atoms with Gasteiger partial charge in [-0.05, 0) is 24.3 Å². The van der Waals surface area contributed by atoms with Gasteiger partial charge in [-0.15, -0.1) is 0 Å². The van der Waals surface area contributed by atoms with Crippen LogP contribution in [0.1, 0.15) is 19.4 Å². The van der Waals surface area contributed by atoms with Crippen LogP contribution in [-0.4, -0.2) is 16.7 Å². The smallest absolute Gasteiger partial charge is 0.273 e. The van der Waals surface area contributed by atoms with E-state index in [0.717, 1.165) is 0 Å². The van der Waals surface area contributed by atoms with Crippen molar-refractivity contribution in [2.45, 2.75) is 20.3 Å². The molecular formula is C18H19N3O4. The molecule has 7 nitrogen and oxygen atoms in total. The van der Waals surface area contributed by atoms with E-state index in [9.17, 15) is 19.7 Å². The molecule has 2 N–H and O–H groups in total. The van der Waals surface area contributed by atoms with E-state index >= 15 is 0 Å². The van der Waals surface area contributed by atoms with Crippen LogP contribution in [0.2, 0.25) is 0 Å². The third kappa shape index (κ3) is 5.13. The molecule has 0 heterocycles. The van der Waals surface area contributed by atoms with Gasteiger partial charge in [0.15, 0.2) is 0 Å². The first-order valence-corrected chi connectivity index (χ1v) is 7.80. The number of nitrogens with one attached hydrogen (secondary N) is 2. The molecular weight excluding hydrogens is 322 g/mol. The second-order valence-electron chi connectivity index (χ2n) is 5.83. The van der Waals surface area contributed by atoms with E-state index in [1.54, 1.807) is 56.3 Å². The van der Waals surface area contributed by atoms with E-state index < -0.39 is 4.92 Å². The van der Waals surface area contributed by atoms with Crippen molar-refractivity contribution in [2.75, 3.05) is 10.6 Å². The fourth-order valence-corrected chi connectivity index (χ4v) is 2.14. The Morgan fingerprint density at radius 3 is 2.12 bits per heavy atom. The summed E-state index contributed by atoms with van der Waals surface area (Å²) in [5.74, 6) is -0.567. The van der Waals surface area contributed by atoms with E-state index in [4.69, 9.17) is 0 Å². The summed E-state index contributed by atoms with van der Waals surface area (Å²) in [7, 11) is 0. The highest BCUT2D eigenvalue weighted by molar-refractivity contribution is 5.94. The molecule has 2 amide bonds. The lowest BCUT2D eigenvalue weighted by Gasteiger charge is -2.09. The Labute approximate surface area is 145 Å². The number of carbonyl (C=O) groups excluding carboxylic acids is 2. The molecule has 0 unspecified atom stereocenters. The Bertz CT molecular complexity index is 785. The van der Waals surface area contributed by atoms with Crippen molar-refractivity contribution >= 4 is 28.9 Å². The van der Waals surface area contributed by atoms with Crippen molar-refractivity contribution in [2.24, 2.45) is 5.92 Å². The van der Waals surface area contributed by atoms with E-state index in [1.165, 1.54) is 6.07 Å². The average molecular weight is 341 g/mol. The zero-order chi connectivity index (χ0) is 18.4. The van der Waals surface area contributed by atoms with Crippen molar-refractivity contribution in [1.82, 2.24) is 0 Å². The molecule has 2 rings (SSSR count). The number of amides is 2. The van der Waals surface area contributed by atoms with Crippen LogP contribution in [0.25, 0.3) is 0 Å². The normalized spacial score (nSPS) is 10.4. The molecule has 0 aliphatic rings. The zero-order valence-corrected chi connectivity index (χ0v) is 14.0. The van der Waals surface area contributed by atoms with Gasteiger partial charge in [-0.3, -0.25) is 19.7 Å². The van der Waals surface area contributed by atoms with E-state index in [1.807, 2.05) is 0 Å². The number of para-hydroxylation sites is 1. The lowest BCUT2D eigenvalue weighted by Crippen LogP contribution is -2.18. The molecule has 0 fully saturated rings. The average Bonchev–Trinajstić information content (AvgIpc) is 2.56. The second kappa shape index (κ2) is 8.05. The van der Waals surface area contributed by atoms with Gasteiger partial charge >= 0.3 is 0 Å². The van der Waals surface area contributed by atoms with Gasteiger partial charge in [-0.2, -0.15) is 0 Å². The first kappa shape index (κ1) is 18.1. The van der Waals surface area contributed by atoms with Crippen LogP contribution >= 0.6 is 0 Å². The monoisotopic (exact) mass is 341 g/mol. The molecule has 0 saturated heterocycles. The van der Waals surface area contributed by atoms with Crippen molar-refractivity contribution in [3.8, 4) is 0 Å². The Balaban J connectivity index is 1.99. The number of benzene rings is 2. The van der Waals surface area contributed by atoms with Crippen LogP contribution in [-0.2, 0) is 16.0 Å². The highest BCUT2D eigenvalue weighted by atomic mass is 16.6. The fourth-order valence-electron chi connectivity index (χ4n) is 2.14. The topological polar surface area (TPSA) is 101 Å². The summed E-state index contributed by atoms with van der Waals surface area (Å²) >= 11 is 0. The minimum Gasteiger partial charge on any atom is -0.326 e. The quantitative estimate of drug-likeness (QED) is 0.621. The van der Waals surface area contributed by atoms with Gasteiger partial charge in [0.25, 0.3) is 5.69 Å². The Hall–Kier alpha value is -3.22. The Morgan fingerprint density at radius 1 is 1.00 bits per heavy atom. The van der Waals surface area contributed by atoms with E-state index in [2.05, 4.69) is 10.6 Å². The lowest BCUT2D eigenvalue weighted by molar-refractivity contribution is -0.385. The maximum absolute atomic E-state index is 12.1. The lowest BCUT2D eigenvalue weighted by atomic mass is 10.1. The van der Waals surface area contributed by atoms with Gasteiger partial charge < -0.3 is 10.6 Å². The number of hydrogen-bond acceptors (Lipinski definition) is 4. The largest absolute Gasteiger partial charge is 0.326 e. The van der Waals surface area contributed by atoms with Crippen molar-refractivity contribution in [1.29, 1.82) is 0 Å². The summed E-state index contributed by atoms with van der Waals surface area (Å²) in [4.78, 5) is 34.2. The molecule has 0 bridgehead atoms. The molecule has 2 aromatic carbocycles. The van der Waals surface area contributed by atoms with Crippen LogP contribution in [0.3, 0.4) is 0 Å². The first-order chi connectivity index (χ1) is 11.9. The fraction of sp³-hybridized carbons (Fsp3) is 0.222. The van der Waals surface area contributed by atoms with Gasteiger partial charge in [-0.25, -0.2) is 0 Å². The summed E-state index contributed by atoms with van der Waals surface area (Å²) in [6.45, 7) is 3.60. The molecule has 2 aromatic rings. The molecule has 130 valence electrons. The van der Waals surface area contributed by atoms with Gasteiger partial charge in [-0.1, -0.05) is 32.0 Å². The minimum atomic E-state index is -0.505. The standard InChI is InChI=1S/C18H19N3O4/c1-12(2)18(23)20-15-9-7-14(8-10-15)19-17(22)11-13-5-3-4-6-16(13)21(24)25/h3-10,12H,11H2,1-2H3,(H,19,22)(H,20,23). The molecule has 0 atom stereocenters. The van der Waals surface area contributed by atoms with Gasteiger partial charge in [0.05, 0.1) is 11.3 Å². The molecule has 0 aromatic heterocycles. The number of hydrogen-bond donors (Lipinski definition) is 2. The van der Waals surface area contributed by atoms with Gasteiger partial charge in [0, 0.05) is 28.9 Å². The summed E-state index contributed by atoms with van der Waals surface area (Å²) in [5, 5.41) is 16.4. The van der Waals surface area contributed by atoms with Crippen LogP contribution < -0.4 is 10.6 Å². The molecule has 0 radical (unpaired) electrons. The highest BCUT2D eigenvalue weighted by Crippen LogP contribution is 2.19. The van der Waals surface area contributed by atoms with E-state index in [-0.39, 0.29) is 29.8 Å². The number of nitro groups is 1. The Kier molecular flexibility index (Phi) is 5.84. The third-order valence-corrected chi connectivity index (χ3v) is 3.50. The summed E-state index contributed by atoms with van der Waals surface area (Å²) in [5.41, 5.74) is 1.46. The molecule has 0 aliphatic carbocycles. The van der Waals surface area contributed by atoms with Crippen molar-refractivity contribution in [3.05, 3.63) is 64.2 Å². The van der Waals surface area contributed by atoms with Crippen molar-refractivity contribution < 1.29 is 14.5 Å². The number of nitro benzene ring substituents is 1. The Morgan fingerprint density at radius 2 is 1.56 bits per heavy atom. The summed E-state index contributed by atoms with van der Waals surface area (Å²) in [6, 6.07) is 12.8. The first-order valence-electron chi connectivity index (χ1n) is 7.80. The molecule has 0 saturated carbocycles. The maximum Gasteiger partial charge on any atom is 0.273 e.